The Morgan fingerprint density at radius 1 is 1.31 bits per heavy atom. The molecule has 1 aromatic heterocycles. The fourth-order valence-corrected chi connectivity index (χ4v) is 3.01. The SMILES string of the molecule is CCNC(=NCC1(c2ccccc2F)CC1)NCCn1cc(C)cn1.I. The number of nitrogens with one attached hydrogen (secondary N) is 2. The summed E-state index contributed by atoms with van der Waals surface area (Å²) in [6.45, 7) is 6.97. The zero-order valence-corrected chi connectivity index (χ0v) is 17.7. The van der Waals surface area contributed by atoms with Crippen LogP contribution >= 0.6 is 24.0 Å². The zero-order valence-electron chi connectivity index (χ0n) is 15.3. The molecule has 1 saturated carbocycles. The predicted molar refractivity (Wildman–Crippen MR) is 114 cm³/mol. The predicted octanol–water partition coefficient (Wildman–Crippen LogP) is 3.24. The minimum Gasteiger partial charge on any atom is -0.357 e. The van der Waals surface area contributed by atoms with Crippen LogP contribution in [0.15, 0.2) is 41.7 Å². The van der Waals surface area contributed by atoms with Crippen molar-refractivity contribution in [3.63, 3.8) is 0 Å². The van der Waals surface area contributed by atoms with Gasteiger partial charge in [0, 0.05) is 24.7 Å². The van der Waals surface area contributed by atoms with Crippen molar-refractivity contribution in [1.82, 2.24) is 20.4 Å². The molecule has 1 aromatic carbocycles. The highest BCUT2D eigenvalue weighted by Crippen LogP contribution is 2.49. The molecule has 1 heterocycles. The third-order valence-corrected chi connectivity index (χ3v) is 4.58. The molecular weight excluding hydrogens is 444 g/mol. The monoisotopic (exact) mass is 471 g/mol. The van der Waals surface area contributed by atoms with Crippen molar-refractivity contribution in [2.24, 2.45) is 4.99 Å². The highest BCUT2D eigenvalue weighted by atomic mass is 127. The molecule has 3 rings (SSSR count). The van der Waals surface area contributed by atoms with Gasteiger partial charge < -0.3 is 10.6 Å². The number of aromatic nitrogens is 2. The van der Waals surface area contributed by atoms with Crippen molar-refractivity contribution >= 4 is 29.9 Å². The molecule has 2 aromatic rings. The third-order valence-electron chi connectivity index (χ3n) is 4.58. The maximum Gasteiger partial charge on any atom is 0.191 e. The van der Waals surface area contributed by atoms with Crippen LogP contribution in [-0.4, -0.2) is 35.4 Å². The fourth-order valence-electron chi connectivity index (χ4n) is 3.01. The number of rotatable bonds is 7. The average molecular weight is 471 g/mol. The molecule has 0 saturated heterocycles. The molecular formula is C19H27FIN5. The molecule has 26 heavy (non-hydrogen) atoms. The van der Waals surface area contributed by atoms with Gasteiger partial charge in [0.05, 0.1) is 19.3 Å². The average Bonchev–Trinajstić information content (AvgIpc) is 3.28. The summed E-state index contributed by atoms with van der Waals surface area (Å²) in [7, 11) is 0. The largest absolute Gasteiger partial charge is 0.357 e. The summed E-state index contributed by atoms with van der Waals surface area (Å²) < 4.78 is 16.0. The smallest absolute Gasteiger partial charge is 0.191 e. The van der Waals surface area contributed by atoms with Gasteiger partial charge in [-0.3, -0.25) is 9.67 Å². The fraction of sp³-hybridized carbons (Fsp3) is 0.474. The zero-order chi connectivity index (χ0) is 17.7. The lowest BCUT2D eigenvalue weighted by Crippen LogP contribution is -2.39. The van der Waals surface area contributed by atoms with E-state index in [1.807, 2.05) is 43.1 Å². The van der Waals surface area contributed by atoms with Gasteiger partial charge in [0.1, 0.15) is 5.82 Å². The highest BCUT2D eigenvalue weighted by molar-refractivity contribution is 14.0. The minimum atomic E-state index is -0.132. The lowest BCUT2D eigenvalue weighted by molar-refractivity contribution is 0.570. The number of aryl methyl sites for hydroxylation is 1. The number of nitrogens with zero attached hydrogens (tertiary/aromatic N) is 3. The van der Waals surface area contributed by atoms with Gasteiger partial charge in [-0.2, -0.15) is 5.10 Å². The van der Waals surface area contributed by atoms with E-state index in [1.54, 1.807) is 6.07 Å². The molecule has 1 aliphatic carbocycles. The molecule has 7 heteroatoms. The second-order valence-corrected chi connectivity index (χ2v) is 6.66. The van der Waals surface area contributed by atoms with E-state index in [0.717, 1.165) is 49.6 Å². The van der Waals surface area contributed by atoms with Crippen LogP contribution in [-0.2, 0) is 12.0 Å². The first-order chi connectivity index (χ1) is 12.1. The first kappa shape index (κ1) is 20.7. The van der Waals surface area contributed by atoms with E-state index in [-0.39, 0.29) is 35.2 Å². The third kappa shape index (κ3) is 5.18. The molecule has 0 amide bonds. The number of guanidine groups is 1. The van der Waals surface area contributed by atoms with Crippen LogP contribution in [0.25, 0.3) is 0 Å². The van der Waals surface area contributed by atoms with E-state index in [4.69, 9.17) is 4.99 Å². The Labute approximate surface area is 171 Å². The summed E-state index contributed by atoms with van der Waals surface area (Å²) in [5.41, 5.74) is 1.81. The molecule has 0 radical (unpaired) electrons. The van der Waals surface area contributed by atoms with Crippen LogP contribution in [0.2, 0.25) is 0 Å². The van der Waals surface area contributed by atoms with Gasteiger partial charge in [0.2, 0.25) is 0 Å². The van der Waals surface area contributed by atoms with E-state index in [0.29, 0.717) is 6.54 Å². The highest BCUT2D eigenvalue weighted by Gasteiger charge is 2.45. The van der Waals surface area contributed by atoms with Gasteiger partial charge in [-0.1, -0.05) is 18.2 Å². The number of hydrogen-bond donors (Lipinski definition) is 2. The van der Waals surface area contributed by atoms with Crippen molar-refractivity contribution in [2.75, 3.05) is 19.6 Å². The first-order valence-electron chi connectivity index (χ1n) is 8.89. The maximum absolute atomic E-state index is 14.1. The van der Waals surface area contributed by atoms with E-state index in [9.17, 15) is 4.39 Å². The number of benzene rings is 1. The Morgan fingerprint density at radius 3 is 2.69 bits per heavy atom. The summed E-state index contributed by atoms with van der Waals surface area (Å²) in [6.07, 6.45) is 5.85. The molecule has 0 spiro atoms. The van der Waals surface area contributed by atoms with Gasteiger partial charge >= 0.3 is 0 Å². The van der Waals surface area contributed by atoms with Crippen molar-refractivity contribution in [3.8, 4) is 0 Å². The van der Waals surface area contributed by atoms with Crippen LogP contribution in [0.1, 0.15) is 30.9 Å². The minimum absolute atomic E-state index is 0. The molecule has 142 valence electrons. The standard InChI is InChI=1S/C19H26FN5.HI/c1-3-21-18(22-10-11-25-13-15(2)12-24-25)23-14-19(8-9-19)16-6-4-5-7-17(16)20;/h4-7,12-13H,3,8-11,14H2,1-2H3,(H2,21,22,23);1H. The lowest BCUT2D eigenvalue weighted by atomic mass is 9.95. The second kappa shape index (κ2) is 9.34. The maximum atomic E-state index is 14.1. The van der Waals surface area contributed by atoms with E-state index in [2.05, 4.69) is 15.7 Å². The Kier molecular flexibility index (Phi) is 7.43. The summed E-state index contributed by atoms with van der Waals surface area (Å²) in [5.74, 6) is 0.649. The van der Waals surface area contributed by atoms with Gasteiger partial charge in [-0.05, 0) is 43.9 Å². The van der Waals surface area contributed by atoms with Crippen LogP contribution < -0.4 is 10.6 Å². The van der Waals surface area contributed by atoms with Crippen LogP contribution in [0.4, 0.5) is 4.39 Å². The number of hydrogen-bond acceptors (Lipinski definition) is 2. The Hall–Kier alpha value is -1.64. The second-order valence-electron chi connectivity index (χ2n) is 6.66. The van der Waals surface area contributed by atoms with Crippen LogP contribution in [0.3, 0.4) is 0 Å². The summed E-state index contributed by atoms with van der Waals surface area (Å²) in [6, 6.07) is 7.06. The van der Waals surface area contributed by atoms with Crippen molar-refractivity contribution in [1.29, 1.82) is 0 Å². The molecule has 1 aliphatic rings. The number of halogens is 2. The quantitative estimate of drug-likeness (QED) is 0.371. The van der Waals surface area contributed by atoms with Crippen LogP contribution in [0.5, 0.6) is 0 Å². The van der Waals surface area contributed by atoms with Gasteiger partial charge in [0.25, 0.3) is 0 Å². The number of aliphatic imine (C=N–C) groups is 1. The van der Waals surface area contributed by atoms with E-state index in [1.165, 1.54) is 6.07 Å². The normalized spacial score (nSPS) is 15.3. The van der Waals surface area contributed by atoms with Gasteiger partial charge in [-0.15, -0.1) is 24.0 Å². The molecule has 0 unspecified atom stereocenters. The molecule has 0 aliphatic heterocycles. The Morgan fingerprint density at radius 2 is 2.08 bits per heavy atom. The van der Waals surface area contributed by atoms with Crippen LogP contribution in [0, 0.1) is 12.7 Å². The molecule has 2 N–H and O–H groups in total. The Bertz CT molecular complexity index is 739. The van der Waals surface area contributed by atoms with E-state index < -0.39 is 0 Å². The first-order valence-corrected chi connectivity index (χ1v) is 8.89. The summed E-state index contributed by atoms with van der Waals surface area (Å²) >= 11 is 0. The molecule has 5 nitrogen and oxygen atoms in total. The molecule has 0 bridgehead atoms. The van der Waals surface area contributed by atoms with Crippen molar-refractivity contribution in [3.05, 3.63) is 53.6 Å². The van der Waals surface area contributed by atoms with Crippen molar-refractivity contribution in [2.45, 2.75) is 38.6 Å². The Balaban J connectivity index is 0.00000243. The summed E-state index contributed by atoms with van der Waals surface area (Å²) in [5, 5.41) is 10.9. The van der Waals surface area contributed by atoms with Crippen molar-refractivity contribution < 1.29 is 4.39 Å². The molecule has 1 fully saturated rings. The van der Waals surface area contributed by atoms with E-state index >= 15 is 0 Å². The lowest BCUT2D eigenvalue weighted by Gasteiger charge is -2.16. The van der Waals surface area contributed by atoms with Gasteiger partial charge in [-0.25, -0.2) is 4.39 Å². The molecule has 0 atom stereocenters. The van der Waals surface area contributed by atoms with Gasteiger partial charge in [0.15, 0.2) is 5.96 Å². The summed E-state index contributed by atoms with van der Waals surface area (Å²) in [4.78, 5) is 4.70. The topological polar surface area (TPSA) is 54.2 Å².